The number of benzene rings is 2. The summed E-state index contributed by atoms with van der Waals surface area (Å²) in [5.41, 5.74) is 5.56. The summed E-state index contributed by atoms with van der Waals surface area (Å²) in [4.78, 5) is 35.9. The third-order valence-electron chi connectivity index (χ3n) is 5.75. The number of anilines is 2. The number of carbonyl (C=O) groups is 2. The second-order valence-electron chi connectivity index (χ2n) is 7.89. The second kappa shape index (κ2) is 8.23. The molecule has 0 atom stereocenters. The van der Waals surface area contributed by atoms with Gasteiger partial charge in [0.05, 0.1) is 16.8 Å². The van der Waals surface area contributed by atoms with Crippen molar-refractivity contribution < 1.29 is 9.59 Å². The van der Waals surface area contributed by atoms with Gasteiger partial charge in [0.25, 0.3) is 5.91 Å². The summed E-state index contributed by atoms with van der Waals surface area (Å²) in [7, 11) is 0. The van der Waals surface area contributed by atoms with Crippen molar-refractivity contribution in [1.82, 2.24) is 9.97 Å². The van der Waals surface area contributed by atoms with Crippen molar-refractivity contribution in [1.29, 1.82) is 0 Å². The lowest BCUT2D eigenvalue weighted by atomic mass is 10.0. The summed E-state index contributed by atoms with van der Waals surface area (Å²) in [5, 5.41) is 3.83. The van der Waals surface area contributed by atoms with Gasteiger partial charge in [-0.3, -0.25) is 14.6 Å². The maximum absolute atomic E-state index is 13.3. The zero-order chi connectivity index (χ0) is 22.1. The highest BCUT2D eigenvalue weighted by molar-refractivity contribution is 6.13. The quantitative estimate of drug-likeness (QED) is 0.512. The first-order valence-corrected chi connectivity index (χ1v) is 10.6. The molecule has 158 valence electrons. The van der Waals surface area contributed by atoms with Gasteiger partial charge in [-0.05, 0) is 60.9 Å². The topological polar surface area (TPSA) is 75.2 Å². The molecular weight excluding hydrogens is 400 g/mol. The number of fused-ring (bicyclic) bond motifs is 2. The molecule has 1 aliphatic heterocycles. The summed E-state index contributed by atoms with van der Waals surface area (Å²) in [6.45, 7) is 2.31. The predicted octanol–water partition coefficient (Wildman–Crippen LogP) is 4.85. The van der Waals surface area contributed by atoms with Gasteiger partial charge in [-0.1, -0.05) is 18.2 Å². The van der Waals surface area contributed by atoms with Crippen LogP contribution in [0.25, 0.3) is 22.2 Å². The molecule has 0 spiro atoms. The zero-order valence-electron chi connectivity index (χ0n) is 17.7. The van der Waals surface area contributed by atoms with Crippen LogP contribution >= 0.6 is 0 Å². The van der Waals surface area contributed by atoms with Crippen LogP contribution in [0.4, 0.5) is 11.4 Å². The van der Waals surface area contributed by atoms with Crippen LogP contribution in [0.1, 0.15) is 29.3 Å². The van der Waals surface area contributed by atoms with E-state index in [1.807, 2.05) is 60.7 Å². The SMILES string of the molecule is CC(=O)N1CCCc2cc(NC(=O)c3cc(-c4cccnc4)nc4ccccc34)ccc21. The largest absolute Gasteiger partial charge is 0.322 e. The second-order valence-corrected chi connectivity index (χ2v) is 7.89. The van der Waals surface area contributed by atoms with Crippen molar-refractivity contribution in [2.24, 2.45) is 0 Å². The Morgan fingerprint density at radius 3 is 2.72 bits per heavy atom. The summed E-state index contributed by atoms with van der Waals surface area (Å²) in [6, 6.07) is 18.9. The van der Waals surface area contributed by atoms with Gasteiger partial charge in [0.2, 0.25) is 5.91 Å². The molecule has 0 aliphatic carbocycles. The number of carbonyl (C=O) groups excluding carboxylic acids is 2. The molecule has 2 aromatic carbocycles. The first kappa shape index (κ1) is 19.9. The number of hydrogen-bond acceptors (Lipinski definition) is 4. The lowest BCUT2D eigenvalue weighted by Crippen LogP contribution is -2.33. The Labute approximate surface area is 185 Å². The minimum absolute atomic E-state index is 0.0360. The third-order valence-corrected chi connectivity index (χ3v) is 5.75. The van der Waals surface area contributed by atoms with E-state index in [9.17, 15) is 9.59 Å². The predicted molar refractivity (Wildman–Crippen MR) is 126 cm³/mol. The molecular formula is C26H22N4O2. The van der Waals surface area contributed by atoms with Crippen LogP contribution in [0.15, 0.2) is 73.1 Å². The number of para-hydroxylation sites is 1. The Bertz CT molecular complexity index is 1330. The van der Waals surface area contributed by atoms with E-state index in [0.29, 0.717) is 16.9 Å². The van der Waals surface area contributed by atoms with Crippen molar-refractivity contribution in [3.05, 3.63) is 84.2 Å². The maximum Gasteiger partial charge on any atom is 0.256 e. The van der Waals surface area contributed by atoms with E-state index in [1.54, 1.807) is 24.2 Å². The Morgan fingerprint density at radius 1 is 1.03 bits per heavy atom. The van der Waals surface area contributed by atoms with Gasteiger partial charge < -0.3 is 10.2 Å². The van der Waals surface area contributed by atoms with Crippen molar-refractivity contribution >= 4 is 34.1 Å². The number of amides is 2. The van der Waals surface area contributed by atoms with E-state index in [0.717, 1.165) is 47.1 Å². The van der Waals surface area contributed by atoms with E-state index in [4.69, 9.17) is 4.98 Å². The van der Waals surface area contributed by atoms with Crippen molar-refractivity contribution in [3.63, 3.8) is 0 Å². The summed E-state index contributed by atoms with van der Waals surface area (Å²) in [5.74, 6) is -0.165. The van der Waals surface area contributed by atoms with Crippen LogP contribution in [0.2, 0.25) is 0 Å². The highest BCUT2D eigenvalue weighted by atomic mass is 16.2. The fourth-order valence-corrected chi connectivity index (χ4v) is 4.23. The fourth-order valence-electron chi connectivity index (χ4n) is 4.23. The van der Waals surface area contributed by atoms with Crippen molar-refractivity contribution in [2.45, 2.75) is 19.8 Å². The monoisotopic (exact) mass is 422 g/mol. The van der Waals surface area contributed by atoms with Gasteiger partial charge in [0.15, 0.2) is 0 Å². The minimum atomic E-state index is -0.201. The molecule has 4 aromatic rings. The number of rotatable bonds is 3. The summed E-state index contributed by atoms with van der Waals surface area (Å²) in [6.07, 6.45) is 5.24. The molecule has 32 heavy (non-hydrogen) atoms. The van der Waals surface area contributed by atoms with Gasteiger partial charge in [0.1, 0.15) is 0 Å². The van der Waals surface area contributed by atoms with Gasteiger partial charge in [-0.15, -0.1) is 0 Å². The molecule has 1 aliphatic rings. The van der Waals surface area contributed by atoms with E-state index >= 15 is 0 Å². The van der Waals surface area contributed by atoms with Crippen molar-refractivity contribution in [2.75, 3.05) is 16.8 Å². The highest BCUT2D eigenvalue weighted by Crippen LogP contribution is 2.31. The third kappa shape index (κ3) is 3.71. The van der Waals surface area contributed by atoms with Crippen LogP contribution in [0.5, 0.6) is 0 Å². The van der Waals surface area contributed by atoms with E-state index < -0.39 is 0 Å². The smallest absolute Gasteiger partial charge is 0.256 e. The fraction of sp³-hybridized carbons (Fsp3) is 0.154. The van der Waals surface area contributed by atoms with Gasteiger partial charge in [-0.25, -0.2) is 4.98 Å². The minimum Gasteiger partial charge on any atom is -0.322 e. The van der Waals surface area contributed by atoms with Gasteiger partial charge in [0, 0.05) is 48.2 Å². The Kier molecular flexibility index (Phi) is 5.11. The number of nitrogens with zero attached hydrogens (tertiary/aromatic N) is 3. The lowest BCUT2D eigenvalue weighted by Gasteiger charge is -2.29. The molecule has 3 heterocycles. The number of aromatic nitrogens is 2. The number of pyridine rings is 2. The van der Waals surface area contributed by atoms with E-state index in [2.05, 4.69) is 10.3 Å². The van der Waals surface area contributed by atoms with Gasteiger partial charge >= 0.3 is 0 Å². The first-order valence-electron chi connectivity index (χ1n) is 10.6. The highest BCUT2D eigenvalue weighted by Gasteiger charge is 2.21. The number of aryl methyl sites for hydroxylation is 1. The molecule has 0 radical (unpaired) electrons. The van der Waals surface area contributed by atoms with E-state index in [1.165, 1.54) is 0 Å². The molecule has 0 saturated carbocycles. The Morgan fingerprint density at radius 2 is 1.91 bits per heavy atom. The number of nitrogens with one attached hydrogen (secondary N) is 1. The molecule has 6 nitrogen and oxygen atoms in total. The van der Waals surface area contributed by atoms with Crippen LogP contribution in [0, 0.1) is 0 Å². The molecule has 0 fully saturated rings. The van der Waals surface area contributed by atoms with Gasteiger partial charge in [-0.2, -0.15) is 0 Å². The van der Waals surface area contributed by atoms with E-state index in [-0.39, 0.29) is 11.8 Å². The molecule has 5 rings (SSSR count). The van der Waals surface area contributed by atoms with Crippen LogP contribution in [-0.2, 0) is 11.2 Å². The average molecular weight is 422 g/mol. The molecule has 0 bridgehead atoms. The first-order chi connectivity index (χ1) is 15.6. The normalized spacial score (nSPS) is 13.0. The Balaban J connectivity index is 1.51. The molecule has 0 unspecified atom stereocenters. The molecule has 2 aromatic heterocycles. The lowest BCUT2D eigenvalue weighted by molar-refractivity contribution is -0.116. The molecule has 0 saturated heterocycles. The average Bonchev–Trinajstić information content (AvgIpc) is 2.83. The van der Waals surface area contributed by atoms with Crippen LogP contribution < -0.4 is 10.2 Å². The van der Waals surface area contributed by atoms with Crippen molar-refractivity contribution in [3.8, 4) is 11.3 Å². The maximum atomic E-state index is 13.3. The standard InChI is InChI=1S/C26H22N4O2/c1-17(31)30-13-5-7-18-14-20(10-11-25(18)30)28-26(32)22-15-24(19-6-4-12-27-16-19)29-23-9-3-2-8-21(22)23/h2-4,6,8-12,14-16H,5,7,13H2,1H3,(H,28,32). The molecule has 6 heteroatoms. The molecule has 2 amide bonds. The number of hydrogen-bond donors (Lipinski definition) is 1. The summed E-state index contributed by atoms with van der Waals surface area (Å²) < 4.78 is 0. The van der Waals surface area contributed by atoms with Crippen LogP contribution in [0.3, 0.4) is 0 Å². The Hall–Kier alpha value is -4.06. The molecule has 1 N–H and O–H groups in total. The zero-order valence-corrected chi connectivity index (χ0v) is 17.7. The van der Waals surface area contributed by atoms with Crippen LogP contribution in [-0.4, -0.2) is 28.3 Å². The summed E-state index contributed by atoms with van der Waals surface area (Å²) >= 11 is 0.